The van der Waals surface area contributed by atoms with Gasteiger partial charge in [0.1, 0.15) is 4.90 Å². The van der Waals surface area contributed by atoms with Crippen molar-refractivity contribution in [2.24, 2.45) is 0 Å². The van der Waals surface area contributed by atoms with Gasteiger partial charge in [-0.3, -0.25) is 9.29 Å². The third-order valence-electron chi connectivity index (χ3n) is 2.67. The smallest absolute Gasteiger partial charge is 0.266 e. The lowest BCUT2D eigenvalue weighted by Gasteiger charge is -2.21. The Morgan fingerprint density at radius 1 is 1.15 bits per heavy atom. The number of nitrogens with zero attached hydrogens (tertiary/aromatic N) is 2. The van der Waals surface area contributed by atoms with Gasteiger partial charge in [0.15, 0.2) is 0 Å². The Labute approximate surface area is 134 Å². The Morgan fingerprint density at radius 2 is 1.65 bits per heavy atom. The molecule has 0 spiro atoms. The average molecular weight is 421 g/mol. The molecule has 5 nitrogen and oxygen atoms in total. The molecule has 0 bridgehead atoms. The molecule has 0 aliphatic heterocycles. The third-order valence-corrected chi connectivity index (χ3v) is 6.33. The predicted molar refractivity (Wildman–Crippen MR) is 86.1 cm³/mol. The largest absolute Gasteiger partial charge is 0.399 e. The molecule has 2 N–H and O–H groups in total. The molecule has 0 saturated carbocycles. The highest BCUT2D eigenvalue weighted by atomic mass is 79.9. The fraction of sp³-hybridized carbons (Fsp3) is 0.0833. The van der Waals surface area contributed by atoms with E-state index >= 15 is 0 Å². The second kappa shape index (κ2) is 5.71. The molecule has 0 atom stereocenters. The van der Waals surface area contributed by atoms with E-state index in [0.717, 1.165) is 0 Å². The van der Waals surface area contributed by atoms with Crippen LogP contribution in [0.2, 0.25) is 0 Å². The standard InChI is InChI=1S/C12H11Br2N3O2S/c1-17(9-2-4-16-5-3-9)20(18,19)12-10(13)6-8(15)7-11(12)14/h2-7H,15H2,1H3. The summed E-state index contributed by atoms with van der Waals surface area (Å²) < 4.78 is 27.4. The van der Waals surface area contributed by atoms with Gasteiger partial charge in [0.05, 0.1) is 5.69 Å². The first-order valence-corrected chi connectivity index (χ1v) is 8.50. The first-order chi connectivity index (χ1) is 9.34. The molecular weight excluding hydrogens is 410 g/mol. The summed E-state index contributed by atoms with van der Waals surface area (Å²) in [6.45, 7) is 0. The Kier molecular flexibility index (Phi) is 4.36. The van der Waals surface area contributed by atoms with E-state index in [2.05, 4.69) is 36.8 Å². The van der Waals surface area contributed by atoms with Gasteiger partial charge in [-0.2, -0.15) is 0 Å². The molecular formula is C12H11Br2N3O2S. The SMILES string of the molecule is CN(c1ccncc1)S(=O)(=O)c1c(Br)cc(N)cc1Br. The summed E-state index contributed by atoms with van der Waals surface area (Å²) >= 11 is 6.49. The summed E-state index contributed by atoms with van der Waals surface area (Å²) in [4.78, 5) is 4.00. The molecule has 1 heterocycles. The van der Waals surface area contributed by atoms with Crippen molar-refractivity contribution in [1.29, 1.82) is 0 Å². The first kappa shape index (κ1) is 15.3. The number of benzene rings is 1. The van der Waals surface area contributed by atoms with Crippen LogP contribution in [0.25, 0.3) is 0 Å². The lowest BCUT2D eigenvalue weighted by molar-refractivity contribution is 0.593. The van der Waals surface area contributed by atoms with Gasteiger partial charge in [-0.1, -0.05) is 0 Å². The monoisotopic (exact) mass is 419 g/mol. The van der Waals surface area contributed by atoms with Crippen LogP contribution in [0.4, 0.5) is 11.4 Å². The summed E-state index contributed by atoms with van der Waals surface area (Å²) in [6, 6.07) is 6.35. The van der Waals surface area contributed by atoms with E-state index in [9.17, 15) is 8.42 Å². The molecule has 2 rings (SSSR count). The Bertz CT molecular complexity index is 713. The number of nitrogens with two attached hydrogens (primary N) is 1. The summed E-state index contributed by atoms with van der Waals surface area (Å²) in [5, 5.41) is 0. The fourth-order valence-corrected chi connectivity index (χ4v) is 5.39. The van der Waals surface area contributed by atoms with Crippen LogP contribution in [0.15, 0.2) is 50.5 Å². The zero-order chi connectivity index (χ0) is 14.9. The summed E-state index contributed by atoms with van der Waals surface area (Å²) in [6.07, 6.45) is 3.07. The summed E-state index contributed by atoms with van der Waals surface area (Å²) in [5.41, 5.74) is 6.67. The second-order valence-corrected chi connectivity index (χ2v) is 7.61. The number of pyridine rings is 1. The maximum absolute atomic E-state index is 12.7. The summed E-state index contributed by atoms with van der Waals surface area (Å²) in [5.74, 6) is 0. The molecule has 0 radical (unpaired) electrons. The molecule has 2 aromatic rings. The number of aromatic nitrogens is 1. The number of rotatable bonds is 3. The van der Waals surface area contributed by atoms with Gasteiger partial charge in [0.25, 0.3) is 10.0 Å². The lowest BCUT2D eigenvalue weighted by atomic mass is 10.3. The highest BCUT2D eigenvalue weighted by Gasteiger charge is 2.26. The highest BCUT2D eigenvalue weighted by molar-refractivity contribution is 9.11. The van der Waals surface area contributed by atoms with Gasteiger partial charge in [0.2, 0.25) is 0 Å². The number of nitrogen functional groups attached to an aromatic ring is 1. The van der Waals surface area contributed by atoms with Crippen molar-refractivity contribution in [2.45, 2.75) is 4.90 Å². The zero-order valence-electron chi connectivity index (χ0n) is 10.4. The molecule has 8 heteroatoms. The second-order valence-electron chi connectivity index (χ2n) is 3.99. The van der Waals surface area contributed by atoms with Crippen molar-refractivity contribution in [3.8, 4) is 0 Å². The van der Waals surface area contributed by atoms with Crippen molar-refractivity contribution >= 4 is 53.3 Å². The fourth-order valence-electron chi connectivity index (χ4n) is 1.66. The summed E-state index contributed by atoms with van der Waals surface area (Å²) in [7, 11) is -2.23. The van der Waals surface area contributed by atoms with E-state index in [4.69, 9.17) is 5.73 Å². The topological polar surface area (TPSA) is 76.3 Å². The predicted octanol–water partition coefficient (Wildman–Crippen LogP) is 3.01. The molecule has 1 aromatic carbocycles. The number of hydrogen-bond donors (Lipinski definition) is 1. The van der Waals surface area contributed by atoms with Crippen LogP contribution >= 0.6 is 31.9 Å². The van der Waals surface area contributed by atoms with Crippen molar-refractivity contribution in [3.05, 3.63) is 45.6 Å². The maximum atomic E-state index is 12.7. The van der Waals surface area contributed by atoms with Crippen LogP contribution in [0.1, 0.15) is 0 Å². The number of sulfonamides is 1. The van der Waals surface area contributed by atoms with Crippen LogP contribution < -0.4 is 10.0 Å². The van der Waals surface area contributed by atoms with Crippen LogP contribution in [0.3, 0.4) is 0 Å². The number of hydrogen-bond acceptors (Lipinski definition) is 4. The molecule has 0 amide bonds. The van der Waals surface area contributed by atoms with E-state index in [1.807, 2.05) is 0 Å². The van der Waals surface area contributed by atoms with E-state index in [1.54, 1.807) is 24.3 Å². The Morgan fingerprint density at radius 3 is 2.15 bits per heavy atom. The molecule has 0 saturated heterocycles. The van der Waals surface area contributed by atoms with Gasteiger partial charge in [-0.15, -0.1) is 0 Å². The lowest BCUT2D eigenvalue weighted by Crippen LogP contribution is -2.27. The average Bonchev–Trinajstić information content (AvgIpc) is 2.37. The first-order valence-electron chi connectivity index (χ1n) is 5.47. The zero-order valence-corrected chi connectivity index (χ0v) is 14.4. The third kappa shape index (κ3) is 2.82. The number of anilines is 2. The van der Waals surface area contributed by atoms with E-state index < -0.39 is 10.0 Å². The van der Waals surface area contributed by atoms with Gasteiger partial charge in [0, 0.05) is 34.1 Å². The minimum atomic E-state index is -3.71. The van der Waals surface area contributed by atoms with Crippen LogP contribution in [0, 0.1) is 0 Å². The van der Waals surface area contributed by atoms with Crippen LogP contribution in [-0.2, 0) is 10.0 Å². The van der Waals surface area contributed by atoms with Gasteiger partial charge >= 0.3 is 0 Å². The van der Waals surface area contributed by atoms with Crippen molar-refractivity contribution in [3.63, 3.8) is 0 Å². The van der Waals surface area contributed by atoms with E-state index in [-0.39, 0.29) is 4.90 Å². The van der Waals surface area contributed by atoms with Crippen LogP contribution in [-0.4, -0.2) is 20.4 Å². The molecule has 0 unspecified atom stereocenters. The Hall–Kier alpha value is -1.12. The van der Waals surface area contributed by atoms with Crippen molar-refractivity contribution < 1.29 is 8.42 Å². The van der Waals surface area contributed by atoms with Crippen LogP contribution in [0.5, 0.6) is 0 Å². The molecule has 0 aliphatic carbocycles. The van der Waals surface area contributed by atoms with E-state index in [0.29, 0.717) is 20.3 Å². The van der Waals surface area contributed by atoms with Gasteiger partial charge < -0.3 is 5.73 Å². The normalized spacial score (nSPS) is 11.3. The molecule has 1 aromatic heterocycles. The molecule has 20 heavy (non-hydrogen) atoms. The highest BCUT2D eigenvalue weighted by Crippen LogP contribution is 2.35. The molecule has 0 aliphatic rings. The van der Waals surface area contributed by atoms with Crippen molar-refractivity contribution in [2.75, 3.05) is 17.1 Å². The van der Waals surface area contributed by atoms with E-state index in [1.165, 1.54) is 23.7 Å². The number of halogens is 2. The maximum Gasteiger partial charge on any atom is 0.266 e. The van der Waals surface area contributed by atoms with Gasteiger partial charge in [-0.05, 0) is 56.1 Å². The van der Waals surface area contributed by atoms with Gasteiger partial charge in [-0.25, -0.2) is 8.42 Å². The molecule has 106 valence electrons. The minimum absolute atomic E-state index is 0.131. The quantitative estimate of drug-likeness (QED) is 0.774. The minimum Gasteiger partial charge on any atom is -0.399 e. The Balaban J connectivity index is 2.57. The molecule has 0 fully saturated rings. The van der Waals surface area contributed by atoms with Crippen molar-refractivity contribution in [1.82, 2.24) is 4.98 Å².